The molecule has 1 aliphatic rings. The van der Waals surface area contributed by atoms with Gasteiger partial charge in [0, 0.05) is 11.4 Å². The highest BCUT2D eigenvalue weighted by molar-refractivity contribution is 7.10. The highest BCUT2D eigenvalue weighted by Gasteiger charge is 2.40. The minimum atomic E-state index is -0.272. The van der Waals surface area contributed by atoms with E-state index in [2.05, 4.69) is 25.3 Å². The maximum absolute atomic E-state index is 11.6. The Labute approximate surface area is 93.9 Å². The summed E-state index contributed by atoms with van der Waals surface area (Å²) in [5.74, 6) is 0.516. The summed E-state index contributed by atoms with van der Waals surface area (Å²) in [6, 6.07) is 4.05. The van der Waals surface area contributed by atoms with Gasteiger partial charge in [-0.2, -0.15) is 0 Å². The standard InChI is InChI=1S/C11H16N2OS/c1-7(2)10(9-4-3-5-15-9)13-6-8(12)11(13)14/h3-5,7-8,10H,6,12H2,1-2H3. The zero-order valence-electron chi connectivity index (χ0n) is 9.01. The summed E-state index contributed by atoms with van der Waals surface area (Å²) < 4.78 is 0. The smallest absolute Gasteiger partial charge is 0.241 e. The molecule has 1 aromatic rings. The third-order valence-electron chi connectivity index (χ3n) is 2.80. The summed E-state index contributed by atoms with van der Waals surface area (Å²) in [6.45, 7) is 4.97. The van der Waals surface area contributed by atoms with Crippen molar-refractivity contribution in [1.29, 1.82) is 0 Å². The minimum absolute atomic E-state index is 0.0853. The van der Waals surface area contributed by atoms with E-state index in [4.69, 9.17) is 5.73 Å². The van der Waals surface area contributed by atoms with Crippen molar-refractivity contribution in [2.24, 2.45) is 11.7 Å². The monoisotopic (exact) mass is 224 g/mol. The fourth-order valence-corrected chi connectivity index (χ4v) is 3.04. The molecule has 2 heterocycles. The van der Waals surface area contributed by atoms with Gasteiger partial charge in [0.05, 0.1) is 6.04 Å². The lowest BCUT2D eigenvalue weighted by atomic mass is 9.95. The third kappa shape index (κ3) is 1.79. The van der Waals surface area contributed by atoms with Gasteiger partial charge in [0.1, 0.15) is 6.04 Å². The molecule has 82 valence electrons. The van der Waals surface area contributed by atoms with Crippen LogP contribution in [-0.4, -0.2) is 23.4 Å². The maximum Gasteiger partial charge on any atom is 0.241 e. The molecule has 1 saturated heterocycles. The molecule has 2 atom stereocenters. The first kappa shape index (κ1) is 10.6. The van der Waals surface area contributed by atoms with E-state index >= 15 is 0 Å². The Bertz CT molecular complexity index is 347. The van der Waals surface area contributed by atoms with Crippen LogP contribution >= 0.6 is 11.3 Å². The fraction of sp³-hybridized carbons (Fsp3) is 0.545. The van der Waals surface area contributed by atoms with Crippen LogP contribution in [0.2, 0.25) is 0 Å². The molecular weight excluding hydrogens is 208 g/mol. The largest absolute Gasteiger partial charge is 0.331 e. The summed E-state index contributed by atoms with van der Waals surface area (Å²) >= 11 is 1.71. The Morgan fingerprint density at radius 3 is 2.73 bits per heavy atom. The Morgan fingerprint density at radius 2 is 2.33 bits per heavy atom. The van der Waals surface area contributed by atoms with Crippen molar-refractivity contribution in [2.45, 2.75) is 25.9 Å². The molecule has 1 aromatic heterocycles. The van der Waals surface area contributed by atoms with Gasteiger partial charge in [-0.25, -0.2) is 0 Å². The van der Waals surface area contributed by atoms with Gasteiger partial charge in [-0.3, -0.25) is 4.79 Å². The van der Waals surface area contributed by atoms with Crippen molar-refractivity contribution in [2.75, 3.05) is 6.54 Å². The van der Waals surface area contributed by atoms with Crippen molar-refractivity contribution < 1.29 is 4.79 Å². The molecule has 2 unspecified atom stereocenters. The quantitative estimate of drug-likeness (QED) is 0.793. The van der Waals surface area contributed by atoms with E-state index < -0.39 is 0 Å². The number of rotatable bonds is 3. The van der Waals surface area contributed by atoms with Gasteiger partial charge in [-0.05, 0) is 17.4 Å². The minimum Gasteiger partial charge on any atom is -0.331 e. The van der Waals surface area contributed by atoms with E-state index in [1.807, 2.05) is 11.0 Å². The lowest BCUT2D eigenvalue weighted by Gasteiger charge is -2.43. The Balaban J connectivity index is 2.19. The normalized spacial score (nSPS) is 23.1. The van der Waals surface area contributed by atoms with E-state index in [9.17, 15) is 4.79 Å². The van der Waals surface area contributed by atoms with Gasteiger partial charge >= 0.3 is 0 Å². The number of nitrogens with two attached hydrogens (primary N) is 1. The molecular formula is C11H16N2OS. The SMILES string of the molecule is CC(C)C(c1cccs1)N1CC(N)C1=O. The summed E-state index contributed by atoms with van der Waals surface area (Å²) in [5, 5.41) is 2.05. The Kier molecular flexibility index (Phi) is 2.80. The average Bonchev–Trinajstić information content (AvgIpc) is 2.69. The van der Waals surface area contributed by atoms with Crippen LogP contribution in [0.1, 0.15) is 24.8 Å². The second-order valence-electron chi connectivity index (χ2n) is 4.30. The van der Waals surface area contributed by atoms with Crippen LogP contribution in [-0.2, 0) is 4.79 Å². The van der Waals surface area contributed by atoms with Crippen molar-refractivity contribution in [1.82, 2.24) is 4.90 Å². The predicted molar refractivity (Wildman–Crippen MR) is 61.6 cm³/mol. The summed E-state index contributed by atoms with van der Waals surface area (Å²) in [6.07, 6.45) is 0. The molecule has 0 aliphatic carbocycles. The first-order chi connectivity index (χ1) is 7.11. The van der Waals surface area contributed by atoms with E-state index in [1.165, 1.54) is 4.88 Å². The summed E-state index contributed by atoms with van der Waals surface area (Å²) in [5.41, 5.74) is 5.62. The number of hydrogen-bond acceptors (Lipinski definition) is 3. The number of hydrogen-bond donors (Lipinski definition) is 1. The van der Waals surface area contributed by atoms with Gasteiger partial charge in [0.15, 0.2) is 0 Å². The Morgan fingerprint density at radius 1 is 1.60 bits per heavy atom. The van der Waals surface area contributed by atoms with Gasteiger partial charge < -0.3 is 10.6 Å². The molecule has 0 saturated carbocycles. The number of β-lactam (4-membered cyclic amide) rings is 1. The predicted octanol–water partition coefficient (Wildman–Crippen LogP) is 1.61. The van der Waals surface area contributed by atoms with Crippen LogP contribution in [0.3, 0.4) is 0 Å². The molecule has 0 aromatic carbocycles. The topological polar surface area (TPSA) is 46.3 Å². The maximum atomic E-state index is 11.6. The second kappa shape index (κ2) is 3.94. The molecule has 1 fully saturated rings. The highest BCUT2D eigenvalue weighted by Crippen LogP contribution is 2.34. The van der Waals surface area contributed by atoms with Crippen LogP contribution in [0, 0.1) is 5.92 Å². The number of carbonyl (C=O) groups is 1. The number of carbonyl (C=O) groups excluding carboxylic acids is 1. The number of thiophene rings is 1. The molecule has 1 aliphatic heterocycles. The summed E-state index contributed by atoms with van der Waals surface area (Å²) in [4.78, 5) is 14.8. The van der Waals surface area contributed by atoms with E-state index in [0.29, 0.717) is 12.5 Å². The van der Waals surface area contributed by atoms with E-state index in [1.54, 1.807) is 11.3 Å². The Hall–Kier alpha value is -0.870. The van der Waals surface area contributed by atoms with Crippen LogP contribution in [0.15, 0.2) is 17.5 Å². The molecule has 15 heavy (non-hydrogen) atoms. The molecule has 0 spiro atoms. The van der Waals surface area contributed by atoms with Crippen molar-refractivity contribution in [3.8, 4) is 0 Å². The van der Waals surface area contributed by atoms with Crippen molar-refractivity contribution >= 4 is 17.2 Å². The van der Waals surface area contributed by atoms with E-state index in [-0.39, 0.29) is 18.0 Å². The molecule has 4 heteroatoms. The van der Waals surface area contributed by atoms with Crippen LogP contribution in [0.25, 0.3) is 0 Å². The van der Waals surface area contributed by atoms with Crippen molar-refractivity contribution in [3.05, 3.63) is 22.4 Å². The van der Waals surface area contributed by atoms with Crippen LogP contribution in [0.4, 0.5) is 0 Å². The van der Waals surface area contributed by atoms with Gasteiger partial charge in [0.25, 0.3) is 0 Å². The molecule has 0 radical (unpaired) electrons. The molecule has 3 nitrogen and oxygen atoms in total. The summed E-state index contributed by atoms with van der Waals surface area (Å²) in [7, 11) is 0. The zero-order valence-corrected chi connectivity index (χ0v) is 9.83. The van der Waals surface area contributed by atoms with Gasteiger partial charge in [-0.15, -0.1) is 11.3 Å². The first-order valence-electron chi connectivity index (χ1n) is 5.20. The lowest BCUT2D eigenvalue weighted by Crippen LogP contribution is -2.62. The van der Waals surface area contributed by atoms with Crippen LogP contribution in [0.5, 0.6) is 0 Å². The van der Waals surface area contributed by atoms with Crippen LogP contribution < -0.4 is 5.73 Å². The van der Waals surface area contributed by atoms with Crippen molar-refractivity contribution in [3.63, 3.8) is 0 Å². The molecule has 2 rings (SSSR count). The lowest BCUT2D eigenvalue weighted by molar-refractivity contribution is -0.147. The molecule has 1 amide bonds. The second-order valence-corrected chi connectivity index (χ2v) is 5.28. The van der Waals surface area contributed by atoms with Gasteiger partial charge in [0.2, 0.25) is 5.91 Å². The number of nitrogens with zero attached hydrogens (tertiary/aromatic N) is 1. The van der Waals surface area contributed by atoms with E-state index in [0.717, 1.165) is 0 Å². The molecule has 2 N–H and O–H groups in total. The zero-order chi connectivity index (χ0) is 11.0. The average molecular weight is 224 g/mol. The van der Waals surface area contributed by atoms with Gasteiger partial charge in [-0.1, -0.05) is 19.9 Å². The number of amides is 1. The number of likely N-dealkylation sites (tertiary alicyclic amines) is 1. The molecule has 0 bridgehead atoms. The first-order valence-corrected chi connectivity index (χ1v) is 6.08. The fourth-order valence-electron chi connectivity index (χ4n) is 2.03. The highest BCUT2D eigenvalue weighted by atomic mass is 32.1. The third-order valence-corrected chi connectivity index (χ3v) is 3.74.